The predicted octanol–water partition coefficient (Wildman–Crippen LogP) is 4.46. The minimum atomic E-state index is -0.519. The SMILES string of the molecule is CCC(CC)Oc1c([C@H](C)O)ccc2ccccc12. The third-order valence-electron chi connectivity index (χ3n) is 3.56. The predicted molar refractivity (Wildman–Crippen MR) is 79.6 cm³/mol. The molecule has 0 saturated carbocycles. The molecule has 0 saturated heterocycles. The summed E-state index contributed by atoms with van der Waals surface area (Å²) >= 11 is 0. The van der Waals surface area contributed by atoms with Crippen LogP contribution in [-0.2, 0) is 0 Å². The molecule has 1 atom stereocenters. The first-order valence-electron chi connectivity index (χ1n) is 7.03. The van der Waals surface area contributed by atoms with Gasteiger partial charge in [0.05, 0.1) is 12.2 Å². The first-order chi connectivity index (χ1) is 9.17. The molecule has 1 N–H and O–H groups in total. The van der Waals surface area contributed by atoms with Crippen molar-refractivity contribution < 1.29 is 9.84 Å². The highest BCUT2D eigenvalue weighted by atomic mass is 16.5. The Balaban J connectivity index is 2.55. The van der Waals surface area contributed by atoms with Gasteiger partial charge in [0.1, 0.15) is 5.75 Å². The third kappa shape index (κ3) is 2.90. The quantitative estimate of drug-likeness (QED) is 0.858. The lowest BCUT2D eigenvalue weighted by molar-refractivity contribution is 0.168. The fourth-order valence-corrected chi connectivity index (χ4v) is 2.34. The number of hydrogen-bond donors (Lipinski definition) is 1. The van der Waals surface area contributed by atoms with Crippen molar-refractivity contribution in [1.82, 2.24) is 0 Å². The highest BCUT2D eigenvalue weighted by Gasteiger charge is 2.15. The molecule has 2 nitrogen and oxygen atoms in total. The first kappa shape index (κ1) is 13.9. The Bertz CT molecular complexity index is 542. The molecule has 0 aliphatic heterocycles. The van der Waals surface area contributed by atoms with E-state index < -0.39 is 6.10 Å². The standard InChI is InChI=1S/C17H22O2/c1-4-14(5-2)19-17-15(12(3)18)11-10-13-8-6-7-9-16(13)17/h6-12,14,18H,4-5H2,1-3H3/t12-/m0/s1. The molecule has 19 heavy (non-hydrogen) atoms. The summed E-state index contributed by atoms with van der Waals surface area (Å²) in [5.74, 6) is 0.835. The lowest BCUT2D eigenvalue weighted by Gasteiger charge is -2.21. The maximum atomic E-state index is 9.94. The van der Waals surface area contributed by atoms with Crippen LogP contribution in [-0.4, -0.2) is 11.2 Å². The zero-order valence-electron chi connectivity index (χ0n) is 11.9. The minimum Gasteiger partial charge on any atom is -0.489 e. The van der Waals surface area contributed by atoms with E-state index in [2.05, 4.69) is 26.0 Å². The smallest absolute Gasteiger partial charge is 0.133 e. The molecular formula is C17H22O2. The van der Waals surface area contributed by atoms with Crippen molar-refractivity contribution >= 4 is 10.8 Å². The molecule has 0 spiro atoms. The third-order valence-corrected chi connectivity index (χ3v) is 3.56. The Morgan fingerprint density at radius 2 is 1.74 bits per heavy atom. The van der Waals surface area contributed by atoms with Crippen LogP contribution in [0.5, 0.6) is 5.75 Å². The molecule has 0 heterocycles. The van der Waals surface area contributed by atoms with Crippen LogP contribution in [0.1, 0.15) is 45.3 Å². The molecular weight excluding hydrogens is 236 g/mol. The molecule has 2 rings (SSSR count). The van der Waals surface area contributed by atoms with Crippen LogP contribution in [0.4, 0.5) is 0 Å². The van der Waals surface area contributed by atoms with Crippen molar-refractivity contribution in [3.8, 4) is 5.75 Å². The second kappa shape index (κ2) is 6.07. The van der Waals surface area contributed by atoms with Gasteiger partial charge in [0, 0.05) is 10.9 Å². The van der Waals surface area contributed by atoms with Gasteiger partial charge < -0.3 is 9.84 Å². The molecule has 2 heteroatoms. The van der Waals surface area contributed by atoms with Gasteiger partial charge >= 0.3 is 0 Å². The van der Waals surface area contributed by atoms with E-state index in [-0.39, 0.29) is 6.10 Å². The molecule has 0 amide bonds. The zero-order valence-corrected chi connectivity index (χ0v) is 11.9. The lowest BCUT2D eigenvalue weighted by atomic mass is 10.0. The second-order valence-corrected chi connectivity index (χ2v) is 4.94. The Kier molecular flexibility index (Phi) is 4.43. The fraction of sp³-hybridized carbons (Fsp3) is 0.412. The first-order valence-corrected chi connectivity index (χ1v) is 7.03. The highest BCUT2D eigenvalue weighted by Crippen LogP contribution is 2.34. The summed E-state index contributed by atoms with van der Waals surface area (Å²) in [6.45, 7) is 6.03. The number of rotatable bonds is 5. The van der Waals surface area contributed by atoms with E-state index in [0.29, 0.717) is 0 Å². The van der Waals surface area contributed by atoms with Gasteiger partial charge in [-0.1, -0.05) is 50.2 Å². The summed E-state index contributed by atoms with van der Waals surface area (Å²) in [6, 6.07) is 12.2. The van der Waals surface area contributed by atoms with Gasteiger partial charge in [0.25, 0.3) is 0 Å². The normalized spacial score (nSPS) is 12.9. The Morgan fingerprint density at radius 3 is 2.37 bits per heavy atom. The highest BCUT2D eigenvalue weighted by molar-refractivity contribution is 5.89. The molecule has 0 bridgehead atoms. The summed E-state index contributed by atoms with van der Waals surface area (Å²) in [6.07, 6.45) is 1.62. The van der Waals surface area contributed by atoms with Crippen molar-refractivity contribution in [2.45, 2.75) is 45.8 Å². The van der Waals surface area contributed by atoms with Gasteiger partial charge in [-0.3, -0.25) is 0 Å². The number of ether oxygens (including phenoxy) is 1. The Labute approximate surface area is 115 Å². The van der Waals surface area contributed by atoms with Gasteiger partial charge in [-0.2, -0.15) is 0 Å². The summed E-state index contributed by atoms with van der Waals surface area (Å²) in [5, 5.41) is 12.2. The van der Waals surface area contributed by atoms with Gasteiger partial charge in [-0.25, -0.2) is 0 Å². The van der Waals surface area contributed by atoms with E-state index >= 15 is 0 Å². The van der Waals surface area contributed by atoms with E-state index in [4.69, 9.17) is 4.74 Å². The van der Waals surface area contributed by atoms with Crippen LogP contribution in [0, 0.1) is 0 Å². The van der Waals surface area contributed by atoms with Gasteiger partial charge in [-0.15, -0.1) is 0 Å². The number of hydrogen-bond acceptors (Lipinski definition) is 2. The fourth-order valence-electron chi connectivity index (χ4n) is 2.34. The molecule has 0 aromatic heterocycles. The molecule has 0 fully saturated rings. The van der Waals surface area contributed by atoms with Gasteiger partial charge in [0.2, 0.25) is 0 Å². The number of aliphatic hydroxyl groups is 1. The average molecular weight is 258 g/mol. The number of aliphatic hydroxyl groups excluding tert-OH is 1. The maximum Gasteiger partial charge on any atom is 0.133 e. The molecule has 2 aromatic rings. The van der Waals surface area contributed by atoms with E-state index in [0.717, 1.165) is 34.9 Å². The Morgan fingerprint density at radius 1 is 1.05 bits per heavy atom. The van der Waals surface area contributed by atoms with Crippen molar-refractivity contribution in [3.63, 3.8) is 0 Å². The minimum absolute atomic E-state index is 0.198. The molecule has 0 unspecified atom stereocenters. The van der Waals surface area contributed by atoms with Gasteiger partial charge in [-0.05, 0) is 25.2 Å². The monoisotopic (exact) mass is 258 g/mol. The Hall–Kier alpha value is -1.54. The maximum absolute atomic E-state index is 9.94. The van der Waals surface area contributed by atoms with Crippen LogP contribution in [0.15, 0.2) is 36.4 Å². The van der Waals surface area contributed by atoms with Crippen LogP contribution in [0.25, 0.3) is 10.8 Å². The van der Waals surface area contributed by atoms with E-state index in [9.17, 15) is 5.11 Å². The number of fused-ring (bicyclic) bond motifs is 1. The van der Waals surface area contributed by atoms with Crippen molar-refractivity contribution in [3.05, 3.63) is 42.0 Å². The van der Waals surface area contributed by atoms with E-state index in [1.165, 1.54) is 0 Å². The summed E-state index contributed by atoms with van der Waals surface area (Å²) in [5.41, 5.74) is 0.866. The van der Waals surface area contributed by atoms with Crippen molar-refractivity contribution in [1.29, 1.82) is 0 Å². The van der Waals surface area contributed by atoms with E-state index in [1.807, 2.05) is 24.3 Å². The molecule has 0 aliphatic rings. The average Bonchev–Trinajstić information content (AvgIpc) is 2.44. The second-order valence-electron chi connectivity index (χ2n) is 4.94. The van der Waals surface area contributed by atoms with Crippen LogP contribution < -0.4 is 4.74 Å². The molecule has 0 radical (unpaired) electrons. The van der Waals surface area contributed by atoms with Crippen LogP contribution in [0.3, 0.4) is 0 Å². The summed E-state index contributed by atoms with van der Waals surface area (Å²) in [4.78, 5) is 0. The molecule has 2 aromatic carbocycles. The number of benzene rings is 2. The van der Waals surface area contributed by atoms with Crippen molar-refractivity contribution in [2.24, 2.45) is 0 Å². The lowest BCUT2D eigenvalue weighted by Crippen LogP contribution is -2.15. The summed E-state index contributed by atoms with van der Waals surface area (Å²) < 4.78 is 6.16. The molecule has 0 aliphatic carbocycles. The van der Waals surface area contributed by atoms with Crippen LogP contribution >= 0.6 is 0 Å². The van der Waals surface area contributed by atoms with Gasteiger partial charge in [0.15, 0.2) is 0 Å². The van der Waals surface area contributed by atoms with Crippen LogP contribution in [0.2, 0.25) is 0 Å². The largest absolute Gasteiger partial charge is 0.489 e. The van der Waals surface area contributed by atoms with E-state index in [1.54, 1.807) is 6.92 Å². The zero-order chi connectivity index (χ0) is 13.8. The topological polar surface area (TPSA) is 29.5 Å². The van der Waals surface area contributed by atoms with Crippen molar-refractivity contribution in [2.75, 3.05) is 0 Å². The summed E-state index contributed by atoms with van der Waals surface area (Å²) in [7, 11) is 0. The molecule has 102 valence electrons.